The van der Waals surface area contributed by atoms with Gasteiger partial charge < -0.3 is 10.2 Å². The molecule has 0 aliphatic carbocycles. The fourth-order valence-electron chi connectivity index (χ4n) is 1.71. The molecule has 0 spiro atoms. The standard InChI is InChI=1S/C14H12FNO2.C2HF3O2/c1-9-2-4-10(5-3-9)12-8-11(15)6-7-13(12)16-14(17)18;3-2(4,5)1(6)7/h2-8,16H,1H3,(H,17,18);(H,6,7). The minimum atomic E-state index is -5.08. The summed E-state index contributed by atoms with van der Waals surface area (Å²) in [4.78, 5) is 19.6. The second-order valence-electron chi connectivity index (χ2n) is 4.79. The first kappa shape index (κ1) is 19.9. The lowest BCUT2D eigenvalue weighted by Gasteiger charge is -2.09. The SMILES string of the molecule is Cc1ccc(-c2cc(F)ccc2NC(=O)O)cc1.O=C(O)C(F)(F)F. The predicted molar refractivity (Wildman–Crippen MR) is 81.9 cm³/mol. The zero-order chi connectivity index (χ0) is 19.2. The fourth-order valence-corrected chi connectivity index (χ4v) is 1.71. The minimum Gasteiger partial charge on any atom is -0.475 e. The highest BCUT2D eigenvalue weighted by atomic mass is 19.4. The Kier molecular flexibility index (Phi) is 6.49. The van der Waals surface area contributed by atoms with Crippen LogP contribution >= 0.6 is 0 Å². The van der Waals surface area contributed by atoms with Crippen molar-refractivity contribution < 1.29 is 37.4 Å². The summed E-state index contributed by atoms with van der Waals surface area (Å²) in [7, 11) is 0. The molecule has 1 amide bonds. The van der Waals surface area contributed by atoms with Gasteiger partial charge in [0.15, 0.2) is 0 Å². The third kappa shape index (κ3) is 6.50. The van der Waals surface area contributed by atoms with Crippen molar-refractivity contribution in [1.29, 1.82) is 0 Å². The number of aryl methyl sites for hydroxylation is 1. The van der Waals surface area contributed by atoms with Crippen molar-refractivity contribution in [2.75, 3.05) is 5.32 Å². The number of hydrogen-bond donors (Lipinski definition) is 3. The van der Waals surface area contributed by atoms with Crippen molar-refractivity contribution >= 4 is 17.7 Å². The number of halogens is 4. The minimum absolute atomic E-state index is 0.368. The number of amides is 1. The second-order valence-corrected chi connectivity index (χ2v) is 4.79. The highest BCUT2D eigenvalue weighted by Crippen LogP contribution is 2.29. The molecule has 0 aliphatic rings. The summed E-state index contributed by atoms with van der Waals surface area (Å²) >= 11 is 0. The Balaban J connectivity index is 0.000000381. The molecule has 0 heterocycles. The first-order valence-corrected chi connectivity index (χ1v) is 6.67. The van der Waals surface area contributed by atoms with Crippen LogP contribution in [0.25, 0.3) is 11.1 Å². The number of anilines is 1. The van der Waals surface area contributed by atoms with Crippen LogP contribution in [0.15, 0.2) is 42.5 Å². The van der Waals surface area contributed by atoms with E-state index in [1.807, 2.05) is 31.2 Å². The number of carboxylic acid groups (broad SMARTS) is 2. The van der Waals surface area contributed by atoms with Gasteiger partial charge in [-0.3, -0.25) is 5.32 Å². The molecular weight excluding hydrogens is 346 g/mol. The molecule has 25 heavy (non-hydrogen) atoms. The Bertz CT molecular complexity index is 758. The number of carbonyl (C=O) groups is 2. The Morgan fingerprint density at radius 2 is 1.52 bits per heavy atom. The normalized spacial score (nSPS) is 10.4. The average molecular weight is 359 g/mol. The van der Waals surface area contributed by atoms with Crippen LogP contribution < -0.4 is 5.32 Å². The van der Waals surface area contributed by atoms with Crippen LogP contribution in [0, 0.1) is 12.7 Å². The summed E-state index contributed by atoms with van der Waals surface area (Å²) in [5.74, 6) is -3.16. The molecule has 2 rings (SSSR count). The highest BCUT2D eigenvalue weighted by Gasteiger charge is 2.38. The smallest absolute Gasteiger partial charge is 0.475 e. The zero-order valence-electron chi connectivity index (χ0n) is 12.8. The molecule has 9 heteroatoms. The van der Waals surface area contributed by atoms with Crippen molar-refractivity contribution in [3.05, 3.63) is 53.8 Å². The van der Waals surface area contributed by atoms with Gasteiger partial charge in [-0.1, -0.05) is 29.8 Å². The summed E-state index contributed by atoms with van der Waals surface area (Å²) < 4.78 is 45.0. The van der Waals surface area contributed by atoms with Crippen LogP contribution in [0.2, 0.25) is 0 Å². The van der Waals surface area contributed by atoms with Gasteiger partial charge in [-0.05, 0) is 30.7 Å². The molecule has 2 aromatic carbocycles. The van der Waals surface area contributed by atoms with Gasteiger partial charge in [0.2, 0.25) is 0 Å². The molecule has 0 radical (unpaired) electrons. The Hall–Kier alpha value is -3.10. The van der Waals surface area contributed by atoms with Crippen LogP contribution in [-0.4, -0.2) is 28.5 Å². The number of benzene rings is 2. The molecular formula is C16H13F4NO4. The van der Waals surface area contributed by atoms with E-state index < -0.39 is 24.1 Å². The van der Waals surface area contributed by atoms with Crippen molar-refractivity contribution in [3.8, 4) is 11.1 Å². The van der Waals surface area contributed by atoms with Gasteiger partial charge >= 0.3 is 18.2 Å². The first-order chi connectivity index (χ1) is 11.5. The van der Waals surface area contributed by atoms with Crippen molar-refractivity contribution in [1.82, 2.24) is 0 Å². The van der Waals surface area contributed by atoms with E-state index in [-0.39, 0.29) is 0 Å². The predicted octanol–water partition coefficient (Wildman–Crippen LogP) is 4.52. The number of nitrogens with one attached hydrogen (secondary N) is 1. The molecule has 0 saturated carbocycles. The van der Waals surface area contributed by atoms with Gasteiger partial charge in [0.05, 0.1) is 5.69 Å². The number of carboxylic acids is 1. The van der Waals surface area contributed by atoms with Crippen molar-refractivity contribution in [2.45, 2.75) is 13.1 Å². The summed E-state index contributed by atoms with van der Waals surface area (Å²) in [5, 5.41) is 18.1. The van der Waals surface area contributed by atoms with Gasteiger partial charge in [0, 0.05) is 5.56 Å². The average Bonchev–Trinajstić information content (AvgIpc) is 2.49. The van der Waals surface area contributed by atoms with Gasteiger partial charge in [-0.2, -0.15) is 13.2 Å². The number of hydrogen-bond acceptors (Lipinski definition) is 2. The first-order valence-electron chi connectivity index (χ1n) is 6.67. The summed E-state index contributed by atoms with van der Waals surface area (Å²) in [6.45, 7) is 1.95. The quantitative estimate of drug-likeness (QED) is 0.688. The topological polar surface area (TPSA) is 86.6 Å². The summed E-state index contributed by atoms with van der Waals surface area (Å²) in [6, 6.07) is 11.4. The number of aliphatic carboxylic acids is 1. The molecule has 3 N–H and O–H groups in total. The van der Waals surface area contributed by atoms with E-state index in [0.717, 1.165) is 11.1 Å². The van der Waals surface area contributed by atoms with Crippen LogP contribution in [0.1, 0.15) is 5.56 Å². The van der Waals surface area contributed by atoms with Crippen molar-refractivity contribution in [3.63, 3.8) is 0 Å². The summed E-state index contributed by atoms with van der Waals surface area (Å²) in [5.41, 5.74) is 2.75. The van der Waals surface area contributed by atoms with E-state index in [9.17, 15) is 22.4 Å². The van der Waals surface area contributed by atoms with Gasteiger partial charge in [-0.25, -0.2) is 14.0 Å². The Labute approximate surface area is 139 Å². The Morgan fingerprint density at radius 3 is 1.96 bits per heavy atom. The van der Waals surface area contributed by atoms with Gasteiger partial charge in [0.25, 0.3) is 0 Å². The second kappa shape index (κ2) is 8.13. The van der Waals surface area contributed by atoms with Crippen molar-refractivity contribution in [2.24, 2.45) is 0 Å². The van der Waals surface area contributed by atoms with E-state index in [0.29, 0.717) is 11.3 Å². The maximum absolute atomic E-state index is 13.3. The summed E-state index contributed by atoms with van der Waals surface area (Å²) in [6.07, 6.45) is -6.25. The highest BCUT2D eigenvalue weighted by molar-refractivity contribution is 5.90. The molecule has 5 nitrogen and oxygen atoms in total. The molecule has 0 aliphatic heterocycles. The number of rotatable bonds is 2. The van der Waals surface area contributed by atoms with Crippen LogP contribution in [-0.2, 0) is 4.79 Å². The molecule has 2 aromatic rings. The van der Waals surface area contributed by atoms with E-state index in [1.165, 1.54) is 18.2 Å². The molecule has 0 saturated heterocycles. The van der Waals surface area contributed by atoms with Gasteiger partial charge in [0.1, 0.15) is 5.82 Å². The molecule has 134 valence electrons. The largest absolute Gasteiger partial charge is 0.490 e. The molecule has 0 aromatic heterocycles. The zero-order valence-corrected chi connectivity index (χ0v) is 12.8. The monoisotopic (exact) mass is 359 g/mol. The lowest BCUT2D eigenvalue weighted by molar-refractivity contribution is -0.192. The van der Waals surface area contributed by atoms with E-state index >= 15 is 0 Å². The molecule has 0 fully saturated rings. The Morgan fingerprint density at radius 1 is 1.00 bits per heavy atom. The van der Waals surface area contributed by atoms with Gasteiger partial charge in [-0.15, -0.1) is 0 Å². The van der Waals surface area contributed by atoms with Crippen LogP contribution in [0.3, 0.4) is 0 Å². The fraction of sp³-hybridized carbons (Fsp3) is 0.125. The maximum atomic E-state index is 13.3. The molecule has 0 unspecified atom stereocenters. The molecule has 0 atom stereocenters. The molecule has 0 bridgehead atoms. The van der Waals surface area contributed by atoms with E-state index in [4.69, 9.17) is 15.0 Å². The van der Waals surface area contributed by atoms with Crippen LogP contribution in [0.5, 0.6) is 0 Å². The van der Waals surface area contributed by atoms with E-state index in [1.54, 1.807) is 0 Å². The lowest BCUT2D eigenvalue weighted by atomic mass is 10.0. The number of alkyl halides is 3. The van der Waals surface area contributed by atoms with Crippen LogP contribution in [0.4, 0.5) is 28.0 Å². The third-order valence-corrected chi connectivity index (χ3v) is 2.83. The maximum Gasteiger partial charge on any atom is 0.490 e. The lowest BCUT2D eigenvalue weighted by Crippen LogP contribution is -2.21. The third-order valence-electron chi connectivity index (χ3n) is 2.83. The van der Waals surface area contributed by atoms with E-state index in [2.05, 4.69) is 5.32 Å².